The molecule has 0 aliphatic heterocycles. The van der Waals surface area contributed by atoms with Crippen molar-refractivity contribution < 1.29 is 13.2 Å². The van der Waals surface area contributed by atoms with Gasteiger partial charge in [-0.3, -0.25) is 0 Å². The predicted molar refractivity (Wildman–Crippen MR) is 99.7 cm³/mol. The van der Waals surface area contributed by atoms with Gasteiger partial charge in [0.1, 0.15) is 5.01 Å². The maximum Gasteiger partial charge on any atom is 0.321 e. The van der Waals surface area contributed by atoms with Gasteiger partial charge in [-0.25, -0.2) is 18.2 Å². The van der Waals surface area contributed by atoms with Crippen LogP contribution in [0.15, 0.2) is 53.4 Å². The molecule has 0 spiro atoms. The Morgan fingerprint density at radius 1 is 1.16 bits per heavy atom. The molecule has 3 rings (SSSR count). The maximum atomic E-state index is 12.3. The van der Waals surface area contributed by atoms with Gasteiger partial charge in [0, 0.05) is 19.0 Å². The zero-order valence-electron chi connectivity index (χ0n) is 13.8. The molecule has 2 amide bonds. The third-order valence-electron chi connectivity index (χ3n) is 3.59. The molecule has 25 heavy (non-hydrogen) atoms. The summed E-state index contributed by atoms with van der Waals surface area (Å²) in [4.78, 5) is 18.5. The minimum absolute atomic E-state index is 0.216. The summed E-state index contributed by atoms with van der Waals surface area (Å²) in [5.41, 5.74) is 1.46. The van der Waals surface area contributed by atoms with Crippen LogP contribution in [0.25, 0.3) is 10.2 Å². The number of rotatable bonds is 4. The van der Waals surface area contributed by atoms with E-state index in [1.54, 1.807) is 30.5 Å². The number of carbonyl (C=O) groups excluding carboxylic acids is 1. The van der Waals surface area contributed by atoms with E-state index < -0.39 is 9.84 Å². The molecule has 1 aromatic heterocycles. The van der Waals surface area contributed by atoms with E-state index in [1.807, 2.05) is 24.3 Å². The summed E-state index contributed by atoms with van der Waals surface area (Å²) in [5.74, 6) is 0. The van der Waals surface area contributed by atoms with Crippen molar-refractivity contribution in [2.75, 3.05) is 18.6 Å². The second kappa shape index (κ2) is 6.81. The maximum absolute atomic E-state index is 12.3. The number of benzene rings is 2. The Morgan fingerprint density at radius 3 is 2.48 bits per heavy atom. The molecule has 2 aromatic carbocycles. The molecule has 0 bridgehead atoms. The van der Waals surface area contributed by atoms with Crippen molar-refractivity contribution in [3.63, 3.8) is 0 Å². The number of nitrogens with zero attached hydrogens (tertiary/aromatic N) is 2. The summed E-state index contributed by atoms with van der Waals surface area (Å²) < 4.78 is 24.0. The van der Waals surface area contributed by atoms with Crippen LogP contribution in [0, 0.1) is 0 Å². The molecule has 0 aliphatic carbocycles. The van der Waals surface area contributed by atoms with E-state index in [0.717, 1.165) is 21.5 Å². The molecule has 0 saturated heterocycles. The number of thiazole rings is 1. The van der Waals surface area contributed by atoms with Gasteiger partial charge >= 0.3 is 6.03 Å². The first kappa shape index (κ1) is 17.4. The first-order valence-electron chi connectivity index (χ1n) is 7.49. The number of fused-ring (bicyclic) bond motifs is 1. The summed E-state index contributed by atoms with van der Waals surface area (Å²) >= 11 is 1.55. The second-order valence-corrected chi connectivity index (χ2v) is 8.79. The van der Waals surface area contributed by atoms with E-state index in [4.69, 9.17) is 0 Å². The standard InChI is InChI=1S/C17H17N3O3S2/c1-20(11-16-19-14-5-3-4-6-15(14)24-16)17(21)18-12-7-9-13(10-8-12)25(2,22)23/h3-10H,11H2,1-2H3,(H,18,21). The highest BCUT2D eigenvalue weighted by Crippen LogP contribution is 2.22. The zero-order chi connectivity index (χ0) is 18.0. The number of carbonyl (C=O) groups is 1. The molecule has 130 valence electrons. The van der Waals surface area contributed by atoms with E-state index in [1.165, 1.54) is 17.0 Å². The van der Waals surface area contributed by atoms with Crippen LogP contribution in [0.4, 0.5) is 10.5 Å². The summed E-state index contributed by atoms with van der Waals surface area (Å²) in [5, 5.41) is 3.60. The van der Waals surface area contributed by atoms with Gasteiger partial charge in [0.15, 0.2) is 9.84 Å². The van der Waals surface area contributed by atoms with Crippen molar-refractivity contribution in [3.05, 3.63) is 53.5 Å². The number of para-hydroxylation sites is 1. The molecular weight excluding hydrogens is 358 g/mol. The van der Waals surface area contributed by atoms with Crippen LogP contribution >= 0.6 is 11.3 Å². The summed E-state index contributed by atoms with van der Waals surface area (Å²) in [6.07, 6.45) is 1.15. The average molecular weight is 375 g/mol. The third kappa shape index (κ3) is 4.15. The van der Waals surface area contributed by atoms with Gasteiger partial charge < -0.3 is 10.2 Å². The Labute approximate surface area is 150 Å². The van der Waals surface area contributed by atoms with Crippen molar-refractivity contribution in [1.29, 1.82) is 0 Å². The lowest BCUT2D eigenvalue weighted by Crippen LogP contribution is -2.30. The van der Waals surface area contributed by atoms with E-state index in [-0.39, 0.29) is 10.9 Å². The lowest BCUT2D eigenvalue weighted by atomic mass is 10.3. The van der Waals surface area contributed by atoms with Gasteiger partial charge in [-0.15, -0.1) is 11.3 Å². The highest BCUT2D eigenvalue weighted by atomic mass is 32.2. The summed E-state index contributed by atoms with van der Waals surface area (Å²) in [6.45, 7) is 0.395. The largest absolute Gasteiger partial charge is 0.321 e. The number of hydrogen-bond acceptors (Lipinski definition) is 5. The lowest BCUT2D eigenvalue weighted by molar-refractivity contribution is 0.220. The highest BCUT2D eigenvalue weighted by Gasteiger charge is 2.13. The van der Waals surface area contributed by atoms with E-state index in [9.17, 15) is 13.2 Å². The van der Waals surface area contributed by atoms with E-state index >= 15 is 0 Å². The van der Waals surface area contributed by atoms with E-state index in [0.29, 0.717) is 12.2 Å². The molecule has 1 heterocycles. The predicted octanol–water partition coefficient (Wildman–Crippen LogP) is 3.36. The molecule has 8 heteroatoms. The van der Waals surface area contributed by atoms with E-state index in [2.05, 4.69) is 10.3 Å². The van der Waals surface area contributed by atoms with Crippen LogP contribution in [0.5, 0.6) is 0 Å². The molecule has 0 saturated carbocycles. The molecule has 0 fully saturated rings. The van der Waals surface area contributed by atoms with Crippen molar-refractivity contribution in [1.82, 2.24) is 9.88 Å². The molecule has 0 aliphatic rings. The van der Waals surface area contributed by atoms with Crippen molar-refractivity contribution >= 4 is 43.1 Å². The average Bonchev–Trinajstić information content (AvgIpc) is 2.96. The Morgan fingerprint density at radius 2 is 1.84 bits per heavy atom. The highest BCUT2D eigenvalue weighted by molar-refractivity contribution is 7.90. The molecule has 0 unspecified atom stereocenters. The van der Waals surface area contributed by atoms with Crippen LogP contribution in [0.2, 0.25) is 0 Å². The Bertz CT molecular complexity index is 978. The molecular formula is C17H17N3O3S2. The van der Waals surface area contributed by atoms with Crippen molar-refractivity contribution in [3.8, 4) is 0 Å². The quantitative estimate of drug-likeness (QED) is 0.758. The molecule has 3 aromatic rings. The Balaban J connectivity index is 1.66. The smallest absolute Gasteiger partial charge is 0.321 e. The Kier molecular flexibility index (Phi) is 4.73. The van der Waals surface area contributed by atoms with Gasteiger partial charge in [0.25, 0.3) is 0 Å². The number of urea groups is 1. The van der Waals surface area contributed by atoms with Crippen molar-refractivity contribution in [2.24, 2.45) is 0 Å². The normalized spacial score (nSPS) is 11.4. The molecule has 1 N–H and O–H groups in total. The Hall–Kier alpha value is -2.45. The number of hydrogen-bond donors (Lipinski definition) is 1. The van der Waals surface area contributed by atoms with Crippen molar-refractivity contribution in [2.45, 2.75) is 11.4 Å². The fourth-order valence-corrected chi connectivity index (χ4v) is 3.92. The minimum atomic E-state index is -3.25. The SMILES string of the molecule is CN(Cc1nc2ccccc2s1)C(=O)Nc1ccc(S(C)(=O)=O)cc1. The van der Waals surface area contributed by atoms with Gasteiger partial charge in [-0.2, -0.15) is 0 Å². The van der Waals surface area contributed by atoms with Gasteiger partial charge in [-0.05, 0) is 36.4 Å². The van der Waals surface area contributed by atoms with Gasteiger partial charge in [0.2, 0.25) is 0 Å². The number of nitrogens with one attached hydrogen (secondary N) is 1. The number of anilines is 1. The number of amides is 2. The third-order valence-corrected chi connectivity index (χ3v) is 5.74. The van der Waals surface area contributed by atoms with Crippen LogP contribution in [-0.2, 0) is 16.4 Å². The zero-order valence-corrected chi connectivity index (χ0v) is 15.4. The number of aromatic nitrogens is 1. The van der Waals surface area contributed by atoms with Gasteiger partial charge in [-0.1, -0.05) is 12.1 Å². The topological polar surface area (TPSA) is 79.4 Å². The summed E-state index contributed by atoms with van der Waals surface area (Å²) in [7, 11) is -1.56. The van der Waals surface area contributed by atoms with Crippen LogP contribution in [0.1, 0.15) is 5.01 Å². The molecule has 0 atom stereocenters. The number of sulfone groups is 1. The van der Waals surface area contributed by atoms with Gasteiger partial charge in [0.05, 0.1) is 21.7 Å². The molecule has 0 radical (unpaired) electrons. The first-order valence-corrected chi connectivity index (χ1v) is 10.2. The fourth-order valence-electron chi connectivity index (χ4n) is 2.27. The van der Waals surface area contributed by atoms with Crippen LogP contribution in [0.3, 0.4) is 0 Å². The minimum Gasteiger partial charge on any atom is -0.321 e. The molecule has 6 nitrogen and oxygen atoms in total. The second-order valence-electron chi connectivity index (χ2n) is 5.66. The summed E-state index contributed by atoms with van der Waals surface area (Å²) in [6, 6.07) is 13.6. The fraction of sp³-hybridized carbons (Fsp3) is 0.176. The monoisotopic (exact) mass is 375 g/mol. The van der Waals surface area contributed by atoms with Crippen LogP contribution < -0.4 is 5.32 Å². The lowest BCUT2D eigenvalue weighted by Gasteiger charge is -2.16. The first-order chi connectivity index (χ1) is 11.8. The van der Waals surface area contributed by atoms with Crippen LogP contribution in [-0.4, -0.2) is 37.6 Å².